The van der Waals surface area contributed by atoms with E-state index in [4.69, 9.17) is 4.74 Å². The summed E-state index contributed by atoms with van der Waals surface area (Å²) in [6.07, 6.45) is 6.79. The SMILES string of the molecule is COc1ncc2c3c([nH]c2n1)CN(CC(=O)N1CCN(C2CCC2)CC1)CC3. The molecular formula is C20H28N6O2. The molecule has 8 heteroatoms. The first kappa shape index (κ1) is 17.9. The minimum atomic E-state index is 0.259. The molecule has 3 aliphatic rings. The maximum atomic E-state index is 12.8. The van der Waals surface area contributed by atoms with Gasteiger partial charge in [-0.3, -0.25) is 14.6 Å². The molecule has 1 amide bonds. The van der Waals surface area contributed by atoms with Gasteiger partial charge in [0, 0.05) is 62.6 Å². The number of H-pyrrole nitrogens is 1. The summed E-state index contributed by atoms with van der Waals surface area (Å²) in [5.41, 5.74) is 3.24. The zero-order chi connectivity index (χ0) is 19.1. The Labute approximate surface area is 164 Å². The van der Waals surface area contributed by atoms with Gasteiger partial charge in [-0.05, 0) is 24.8 Å². The Kier molecular flexibility index (Phi) is 4.68. The number of amides is 1. The molecule has 150 valence electrons. The van der Waals surface area contributed by atoms with E-state index in [1.165, 1.54) is 24.8 Å². The number of carbonyl (C=O) groups excluding carboxylic acids is 1. The van der Waals surface area contributed by atoms with Crippen molar-refractivity contribution < 1.29 is 9.53 Å². The van der Waals surface area contributed by atoms with Gasteiger partial charge in [0.15, 0.2) is 0 Å². The van der Waals surface area contributed by atoms with E-state index in [2.05, 4.69) is 24.8 Å². The summed E-state index contributed by atoms with van der Waals surface area (Å²) < 4.78 is 5.12. The van der Waals surface area contributed by atoms with E-state index < -0.39 is 0 Å². The van der Waals surface area contributed by atoms with E-state index in [9.17, 15) is 4.79 Å². The Morgan fingerprint density at radius 3 is 2.79 bits per heavy atom. The summed E-state index contributed by atoms with van der Waals surface area (Å²) in [4.78, 5) is 31.7. The molecule has 2 aromatic rings. The molecule has 1 saturated heterocycles. The number of rotatable bonds is 4. The third-order valence-corrected chi connectivity index (χ3v) is 6.58. The highest BCUT2D eigenvalue weighted by atomic mass is 16.5. The van der Waals surface area contributed by atoms with Gasteiger partial charge in [0.05, 0.1) is 13.7 Å². The fourth-order valence-corrected chi connectivity index (χ4v) is 4.67. The van der Waals surface area contributed by atoms with Crippen molar-refractivity contribution >= 4 is 16.9 Å². The molecule has 0 radical (unpaired) electrons. The van der Waals surface area contributed by atoms with Crippen LogP contribution in [-0.2, 0) is 17.8 Å². The highest BCUT2D eigenvalue weighted by Crippen LogP contribution is 2.28. The number of nitrogens with zero attached hydrogens (tertiary/aromatic N) is 5. The minimum Gasteiger partial charge on any atom is -0.467 e. The van der Waals surface area contributed by atoms with E-state index in [-0.39, 0.29) is 5.91 Å². The van der Waals surface area contributed by atoms with E-state index in [0.717, 1.165) is 68.5 Å². The Balaban J connectivity index is 1.20. The van der Waals surface area contributed by atoms with Crippen LogP contribution in [0.5, 0.6) is 6.01 Å². The van der Waals surface area contributed by atoms with Crippen molar-refractivity contribution in [3.8, 4) is 6.01 Å². The van der Waals surface area contributed by atoms with E-state index >= 15 is 0 Å². The molecule has 8 nitrogen and oxygen atoms in total. The average Bonchev–Trinajstić information content (AvgIpc) is 3.03. The van der Waals surface area contributed by atoms with Crippen LogP contribution < -0.4 is 4.74 Å². The Morgan fingerprint density at radius 1 is 1.25 bits per heavy atom. The van der Waals surface area contributed by atoms with Crippen molar-refractivity contribution in [2.75, 3.05) is 46.4 Å². The lowest BCUT2D eigenvalue weighted by atomic mass is 9.91. The molecule has 0 bridgehead atoms. The van der Waals surface area contributed by atoms with Gasteiger partial charge in [0.2, 0.25) is 5.91 Å². The normalized spacial score (nSPS) is 21.5. The van der Waals surface area contributed by atoms with Gasteiger partial charge in [-0.2, -0.15) is 4.98 Å². The van der Waals surface area contributed by atoms with Gasteiger partial charge in [0.25, 0.3) is 0 Å². The molecule has 2 aliphatic heterocycles. The Bertz CT molecular complexity index is 869. The first-order chi connectivity index (χ1) is 13.7. The molecule has 0 aromatic carbocycles. The third kappa shape index (κ3) is 3.24. The van der Waals surface area contributed by atoms with Crippen LogP contribution in [0.15, 0.2) is 6.20 Å². The topological polar surface area (TPSA) is 77.6 Å². The number of fused-ring (bicyclic) bond motifs is 3. The number of aromatic amines is 1. The molecular weight excluding hydrogens is 356 g/mol. The van der Waals surface area contributed by atoms with Crippen LogP contribution in [0.2, 0.25) is 0 Å². The zero-order valence-corrected chi connectivity index (χ0v) is 16.5. The predicted octanol–water partition coefficient (Wildman–Crippen LogP) is 1.02. The second-order valence-electron chi connectivity index (χ2n) is 8.16. The Hall–Kier alpha value is -2.19. The maximum Gasteiger partial charge on any atom is 0.318 e. The van der Waals surface area contributed by atoms with E-state index in [1.54, 1.807) is 7.11 Å². The molecule has 0 unspecified atom stereocenters. The van der Waals surface area contributed by atoms with Crippen molar-refractivity contribution in [3.63, 3.8) is 0 Å². The highest BCUT2D eigenvalue weighted by Gasteiger charge is 2.30. The molecule has 2 fully saturated rings. The van der Waals surface area contributed by atoms with Crippen molar-refractivity contribution in [2.24, 2.45) is 0 Å². The standard InChI is InChI=1S/C20H28N6O2/c1-28-20-21-11-16-15-5-6-24(12-17(15)22-19(16)23-20)13-18(27)26-9-7-25(8-10-26)14-3-2-4-14/h11,14H,2-10,12-13H2,1H3,(H,21,22,23). The fraction of sp³-hybridized carbons (Fsp3) is 0.650. The van der Waals surface area contributed by atoms with E-state index in [1.807, 2.05) is 11.1 Å². The van der Waals surface area contributed by atoms with E-state index in [0.29, 0.717) is 12.6 Å². The molecule has 1 N–H and O–H groups in total. The lowest BCUT2D eigenvalue weighted by Gasteiger charge is -2.43. The fourth-order valence-electron chi connectivity index (χ4n) is 4.67. The molecule has 1 saturated carbocycles. The van der Waals surface area contributed by atoms with Gasteiger partial charge in [-0.25, -0.2) is 4.98 Å². The number of ether oxygens (including phenoxy) is 1. The van der Waals surface area contributed by atoms with Gasteiger partial charge in [0.1, 0.15) is 5.65 Å². The maximum absolute atomic E-state index is 12.8. The summed E-state index contributed by atoms with van der Waals surface area (Å²) in [5.74, 6) is 0.259. The molecule has 1 aliphatic carbocycles. The predicted molar refractivity (Wildman–Crippen MR) is 105 cm³/mol. The first-order valence-corrected chi connectivity index (χ1v) is 10.4. The van der Waals surface area contributed by atoms with Gasteiger partial charge >= 0.3 is 6.01 Å². The van der Waals surface area contributed by atoms with Crippen molar-refractivity contribution in [1.29, 1.82) is 0 Å². The van der Waals surface area contributed by atoms with Crippen molar-refractivity contribution in [1.82, 2.24) is 29.7 Å². The van der Waals surface area contributed by atoms with Gasteiger partial charge < -0.3 is 14.6 Å². The van der Waals surface area contributed by atoms with Gasteiger partial charge in [-0.1, -0.05) is 6.42 Å². The smallest absolute Gasteiger partial charge is 0.318 e. The molecule has 0 atom stereocenters. The summed E-state index contributed by atoms with van der Waals surface area (Å²) >= 11 is 0. The quantitative estimate of drug-likeness (QED) is 0.848. The number of aromatic nitrogens is 3. The number of nitrogens with one attached hydrogen (secondary N) is 1. The largest absolute Gasteiger partial charge is 0.467 e. The minimum absolute atomic E-state index is 0.259. The number of methoxy groups -OCH3 is 1. The molecule has 2 aromatic heterocycles. The number of hydrogen-bond donors (Lipinski definition) is 1. The Morgan fingerprint density at radius 2 is 2.07 bits per heavy atom. The van der Waals surface area contributed by atoms with Crippen molar-refractivity contribution in [2.45, 2.75) is 38.3 Å². The molecule has 5 rings (SSSR count). The number of carbonyl (C=O) groups is 1. The lowest BCUT2D eigenvalue weighted by molar-refractivity contribution is -0.135. The number of hydrogen-bond acceptors (Lipinski definition) is 6. The number of piperazine rings is 1. The summed E-state index contributed by atoms with van der Waals surface area (Å²) in [6, 6.07) is 1.15. The average molecular weight is 384 g/mol. The lowest BCUT2D eigenvalue weighted by Crippen LogP contribution is -2.55. The van der Waals surface area contributed by atoms with Gasteiger partial charge in [-0.15, -0.1) is 0 Å². The van der Waals surface area contributed by atoms with Crippen LogP contribution in [0.3, 0.4) is 0 Å². The van der Waals surface area contributed by atoms with Crippen LogP contribution in [0.1, 0.15) is 30.5 Å². The summed E-state index contributed by atoms with van der Waals surface area (Å²) in [5, 5.41) is 1.06. The van der Waals surface area contributed by atoms with Crippen LogP contribution in [-0.4, -0.2) is 88.0 Å². The monoisotopic (exact) mass is 384 g/mol. The van der Waals surface area contributed by atoms with Crippen LogP contribution >= 0.6 is 0 Å². The first-order valence-electron chi connectivity index (χ1n) is 10.4. The van der Waals surface area contributed by atoms with Crippen LogP contribution in [0.25, 0.3) is 11.0 Å². The van der Waals surface area contributed by atoms with Crippen molar-refractivity contribution in [3.05, 3.63) is 17.5 Å². The molecule has 4 heterocycles. The highest BCUT2D eigenvalue weighted by molar-refractivity contribution is 5.81. The second kappa shape index (κ2) is 7.33. The molecule has 28 heavy (non-hydrogen) atoms. The molecule has 0 spiro atoms. The summed E-state index contributed by atoms with van der Waals surface area (Å²) in [6.45, 7) is 5.94. The second-order valence-corrected chi connectivity index (χ2v) is 8.16. The van der Waals surface area contributed by atoms with Crippen LogP contribution in [0.4, 0.5) is 0 Å². The third-order valence-electron chi connectivity index (χ3n) is 6.58. The zero-order valence-electron chi connectivity index (χ0n) is 16.5. The van der Waals surface area contributed by atoms with Crippen LogP contribution in [0, 0.1) is 0 Å². The summed E-state index contributed by atoms with van der Waals surface area (Å²) in [7, 11) is 1.57.